The fourth-order valence-corrected chi connectivity index (χ4v) is 4.81. The summed E-state index contributed by atoms with van der Waals surface area (Å²) in [6, 6.07) is -0.311. The lowest BCUT2D eigenvalue weighted by Crippen LogP contribution is -2.32. The third-order valence-electron chi connectivity index (χ3n) is 3.02. The number of hydrogen-bond donors (Lipinski definition) is 2. The molecule has 0 aromatic carbocycles. The van der Waals surface area contributed by atoms with Crippen molar-refractivity contribution in [3.63, 3.8) is 0 Å². The largest absolute Gasteiger partial charge is 0.465 e. The Balaban J connectivity index is 2.56. The number of carboxylic acid groups (broad SMARTS) is 1. The summed E-state index contributed by atoms with van der Waals surface area (Å²) in [7, 11) is -3.54. The summed E-state index contributed by atoms with van der Waals surface area (Å²) in [6.45, 7) is 3.53. The van der Waals surface area contributed by atoms with Gasteiger partial charge in [-0.2, -0.15) is 0 Å². The lowest BCUT2D eigenvalue weighted by molar-refractivity contribution is 0.191. The molecule has 1 atom stereocenters. The Kier molecular flexibility index (Phi) is 4.59. The number of aromatic nitrogens is 2. The molecule has 2 aromatic rings. The molecule has 0 unspecified atom stereocenters. The minimum atomic E-state index is -3.54. The first-order chi connectivity index (χ1) is 10.1. The van der Waals surface area contributed by atoms with Crippen LogP contribution < -0.4 is 5.32 Å². The van der Waals surface area contributed by atoms with Crippen molar-refractivity contribution in [3.8, 4) is 0 Å². The van der Waals surface area contributed by atoms with Crippen LogP contribution in [0.2, 0.25) is 5.28 Å². The summed E-state index contributed by atoms with van der Waals surface area (Å²) in [5.74, 6) is 0. The number of aryl methyl sites for hydroxylation is 1. The van der Waals surface area contributed by atoms with E-state index in [1.807, 2.05) is 0 Å². The van der Waals surface area contributed by atoms with E-state index in [1.165, 1.54) is 11.3 Å². The summed E-state index contributed by atoms with van der Waals surface area (Å²) in [5.41, 5.74) is 1.27. The van der Waals surface area contributed by atoms with Gasteiger partial charge in [0.15, 0.2) is 14.9 Å². The van der Waals surface area contributed by atoms with E-state index in [2.05, 4.69) is 15.3 Å². The van der Waals surface area contributed by atoms with E-state index < -0.39 is 15.9 Å². The van der Waals surface area contributed by atoms with Gasteiger partial charge in [-0.15, -0.1) is 11.3 Å². The van der Waals surface area contributed by atoms with Crippen molar-refractivity contribution < 1.29 is 18.3 Å². The van der Waals surface area contributed by atoms with Crippen LogP contribution in [-0.4, -0.2) is 41.9 Å². The van der Waals surface area contributed by atoms with Gasteiger partial charge in [0.25, 0.3) is 0 Å². The summed E-state index contributed by atoms with van der Waals surface area (Å²) in [6.07, 6.45) is 0.389. The van der Waals surface area contributed by atoms with E-state index in [0.717, 1.165) is 16.7 Å². The van der Waals surface area contributed by atoms with Gasteiger partial charge in [-0.1, -0.05) is 0 Å². The van der Waals surface area contributed by atoms with Crippen LogP contribution in [0.4, 0.5) is 4.79 Å². The number of halogens is 1. The molecule has 0 fully saturated rings. The van der Waals surface area contributed by atoms with Crippen LogP contribution >= 0.6 is 22.9 Å². The third-order valence-corrected chi connectivity index (χ3v) is 5.62. The highest BCUT2D eigenvalue weighted by atomic mass is 35.5. The number of carbonyl (C=O) groups is 1. The quantitative estimate of drug-likeness (QED) is 0.637. The molecule has 0 radical (unpaired) electrons. The number of nitrogens with one attached hydrogen (secondary N) is 1. The first kappa shape index (κ1) is 16.9. The van der Waals surface area contributed by atoms with Gasteiger partial charge < -0.3 is 10.4 Å². The van der Waals surface area contributed by atoms with Gasteiger partial charge in [0, 0.05) is 23.6 Å². The summed E-state index contributed by atoms with van der Waals surface area (Å²) in [5, 5.41) is 10.9. The molecule has 0 saturated heterocycles. The average molecular weight is 364 g/mol. The minimum absolute atomic E-state index is 0.0966. The normalized spacial score (nSPS) is 13.3. The van der Waals surface area contributed by atoms with Crippen LogP contribution in [0, 0.1) is 6.92 Å². The van der Waals surface area contributed by atoms with Crippen LogP contribution in [0.25, 0.3) is 10.2 Å². The number of hydrogen-bond acceptors (Lipinski definition) is 6. The zero-order chi connectivity index (χ0) is 16.7. The van der Waals surface area contributed by atoms with Crippen molar-refractivity contribution >= 4 is 49.1 Å². The molecular formula is C12H14ClN3O4S2. The molecule has 0 aliphatic rings. The van der Waals surface area contributed by atoms with Gasteiger partial charge in [-0.3, -0.25) is 0 Å². The second-order valence-electron chi connectivity index (χ2n) is 4.95. The summed E-state index contributed by atoms with van der Waals surface area (Å²) in [4.78, 5) is 19.4. The molecule has 7 nitrogen and oxygen atoms in total. The van der Waals surface area contributed by atoms with Gasteiger partial charge in [0.05, 0.1) is 10.2 Å². The lowest BCUT2D eigenvalue weighted by Gasteiger charge is -2.10. The lowest BCUT2D eigenvalue weighted by atomic mass is 10.1. The van der Waals surface area contributed by atoms with Crippen molar-refractivity contribution in [2.75, 3.05) is 6.26 Å². The zero-order valence-electron chi connectivity index (χ0n) is 12.0. The fourth-order valence-electron chi connectivity index (χ4n) is 2.07. The van der Waals surface area contributed by atoms with Crippen LogP contribution in [0.15, 0.2) is 5.03 Å². The monoisotopic (exact) mass is 363 g/mol. The van der Waals surface area contributed by atoms with E-state index in [9.17, 15) is 13.2 Å². The van der Waals surface area contributed by atoms with Crippen molar-refractivity contribution in [3.05, 3.63) is 15.7 Å². The van der Waals surface area contributed by atoms with Crippen LogP contribution in [0.1, 0.15) is 17.4 Å². The second kappa shape index (κ2) is 5.98. The Morgan fingerprint density at radius 1 is 1.45 bits per heavy atom. The highest BCUT2D eigenvalue weighted by molar-refractivity contribution is 7.91. The first-order valence-corrected chi connectivity index (χ1v) is 9.33. The summed E-state index contributed by atoms with van der Waals surface area (Å²) >= 11 is 7.06. The standard InChI is InChI=1S/C12H14ClN3O4S2/c1-5(14-12(17)18)4-7-6(2)8-9(21-7)10(22(3,19)20)16-11(13)15-8/h5,14H,4H2,1-3H3,(H,17,18)/t5-/m0/s1. The number of fused-ring (bicyclic) bond motifs is 1. The van der Waals surface area contributed by atoms with Crippen molar-refractivity contribution in [1.29, 1.82) is 0 Å². The number of thiophene rings is 1. The van der Waals surface area contributed by atoms with Gasteiger partial charge >= 0.3 is 6.09 Å². The minimum Gasteiger partial charge on any atom is -0.465 e. The van der Waals surface area contributed by atoms with Gasteiger partial charge in [0.1, 0.15) is 0 Å². The molecule has 0 bridgehead atoms. The van der Waals surface area contributed by atoms with Crippen molar-refractivity contribution in [2.24, 2.45) is 0 Å². The molecule has 2 rings (SSSR count). The molecule has 2 heterocycles. The van der Waals surface area contributed by atoms with E-state index in [-0.39, 0.29) is 16.4 Å². The van der Waals surface area contributed by atoms with E-state index in [4.69, 9.17) is 16.7 Å². The van der Waals surface area contributed by atoms with Crippen LogP contribution in [0.3, 0.4) is 0 Å². The number of amides is 1. The maximum Gasteiger partial charge on any atom is 0.404 e. The molecule has 0 saturated carbocycles. The molecule has 0 aliphatic carbocycles. The average Bonchev–Trinajstić information content (AvgIpc) is 2.64. The Morgan fingerprint density at radius 2 is 2.09 bits per heavy atom. The van der Waals surface area contributed by atoms with Gasteiger partial charge in [0.2, 0.25) is 5.28 Å². The van der Waals surface area contributed by atoms with Gasteiger partial charge in [-0.05, 0) is 31.0 Å². The second-order valence-corrected chi connectivity index (χ2v) is 8.33. The van der Waals surface area contributed by atoms with E-state index in [1.54, 1.807) is 13.8 Å². The Morgan fingerprint density at radius 3 is 2.64 bits per heavy atom. The molecule has 22 heavy (non-hydrogen) atoms. The van der Waals surface area contributed by atoms with Crippen molar-refractivity contribution in [1.82, 2.24) is 15.3 Å². The smallest absolute Gasteiger partial charge is 0.404 e. The summed E-state index contributed by atoms with van der Waals surface area (Å²) < 4.78 is 24.2. The van der Waals surface area contributed by atoms with Gasteiger partial charge in [-0.25, -0.2) is 23.2 Å². The zero-order valence-corrected chi connectivity index (χ0v) is 14.4. The molecular weight excluding hydrogens is 350 g/mol. The highest BCUT2D eigenvalue weighted by Crippen LogP contribution is 2.34. The molecule has 0 spiro atoms. The molecule has 2 N–H and O–H groups in total. The Hall–Kier alpha value is -1.45. The topological polar surface area (TPSA) is 109 Å². The van der Waals surface area contributed by atoms with Crippen LogP contribution in [0.5, 0.6) is 0 Å². The number of sulfone groups is 1. The number of rotatable bonds is 4. The predicted molar refractivity (Wildman–Crippen MR) is 84.6 cm³/mol. The maximum atomic E-state index is 11.9. The van der Waals surface area contributed by atoms with E-state index >= 15 is 0 Å². The SMILES string of the molecule is Cc1c(C[C@H](C)NC(=O)O)sc2c(S(C)(=O)=O)nc(Cl)nc12. The van der Waals surface area contributed by atoms with Crippen molar-refractivity contribution in [2.45, 2.75) is 31.3 Å². The predicted octanol–water partition coefficient (Wildman–Crippen LogP) is 2.26. The molecule has 2 aromatic heterocycles. The molecule has 10 heteroatoms. The molecule has 0 aliphatic heterocycles. The first-order valence-electron chi connectivity index (χ1n) is 6.24. The Labute approximate surface area is 136 Å². The highest BCUT2D eigenvalue weighted by Gasteiger charge is 2.22. The van der Waals surface area contributed by atoms with E-state index in [0.29, 0.717) is 16.6 Å². The maximum absolute atomic E-state index is 11.9. The Bertz CT molecular complexity index is 848. The molecule has 1 amide bonds. The van der Waals surface area contributed by atoms with Crippen LogP contribution in [-0.2, 0) is 16.3 Å². The third kappa shape index (κ3) is 3.47. The molecule has 120 valence electrons. The number of nitrogens with zero attached hydrogens (tertiary/aromatic N) is 2. The fraction of sp³-hybridized carbons (Fsp3) is 0.417.